The molecule has 3 aromatic carbocycles. The van der Waals surface area contributed by atoms with Gasteiger partial charge < -0.3 is 15.0 Å². The fourth-order valence-corrected chi connectivity index (χ4v) is 7.20. The van der Waals surface area contributed by atoms with Crippen LogP contribution >= 0.6 is 23.2 Å². The number of anilines is 1. The molecular weight excluding hydrogens is 609 g/mol. The lowest BCUT2D eigenvalue weighted by Crippen LogP contribution is -2.53. The lowest BCUT2D eigenvalue weighted by Gasteiger charge is -2.34. The van der Waals surface area contributed by atoms with Gasteiger partial charge in [-0.1, -0.05) is 67.2 Å². The fourth-order valence-electron chi connectivity index (χ4n) is 5.27. The molecule has 0 bridgehead atoms. The van der Waals surface area contributed by atoms with Gasteiger partial charge >= 0.3 is 0 Å². The van der Waals surface area contributed by atoms with Gasteiger partial charge in [0.2, 0.25) is 11.8 Å². The first kappa shape index (κ1) is 32.6. The van der Waals surface area contributed by atoms with Crippen molar-refractivity contribution in [2.75, 3.05) is 17.5 Å². The highest BCUT2D eigenvalue weighted by Crippen LogP contribution is 2.29. The molecule has 0 unspecified atom stereocenters. The molecule has 0 aromatic heterocycles. The highest BCUT2D eigenvalue weighted by molar-refractivity contribution is 7.92. The first-order valence-electron chi connectivity index (χ1n) is 14.5. The van der Waals surface area contributed by atoms with E-state index in [0.29, 0.717) is 40.1 Å². The van der Waals surface area contributed by atoms with E-state index in [4.69, 9.17) is 27.9 Å². The second-order valence-electron chi connectivity index (χ2n) is 10.4. The summed E-state index contributed by atoms with van der Waals surface area (Å²) in [6.07, 6.45) is 4.15. The summed E-state index contributed by atoms with van der Waals surface area (Å²) in [7, 11) is -4.20. The van der Waals surface area contributed by atoms with Gasteiger partial charge in [0, 0.05) is 28.2 Å². The number of amides is 2. The summed E-state index contributed by atoms with van der Waals surface area (Å²) in [5, 5.41) is 3.79. The van der Waals surface area contributed by atoms with Crippen LogP contribution in [0.25, 0.3) is 0 Å². The van der Waals surface area contributed by atoms with Crippen LogP contribution in [0.3, 0.4) is 0 Å². The van der Waals surface area contributed by atoms with Gasteiger partial charge in [-0.25, -0.2) is 8.42 Å². The Morgan fingerprint density at radius 3 is 2.14 bits per heavy atom. The molecule has 0 radical (unpaired) electrons. The maximum absolute atomic E-state index is 14.2. The summed E-state index contributed by atoms with van der Waals surface area (Å²) in [4.78, 5) is 29.2. The van der Waals surface area contributed by atoms with Crippen LogP contribution in [-0.4, -0.2) is 50.4 Å². The van der Waals surface area contributed by atoms with Gasteiger partial charge in [0.05, 0.1) is 17.2 Å². The number of nitrogens with zero attached hydrogens (tertiary/aromatic N) is 2. The van der Waals surface area contributed by atoms with Crippen molar-refractivity contribution in [3.05, 3.63) is 88.4 Å². The SMILES string of the molecule is CCOc1ccc(S(=O)(=O)N(CC(=O)N(Cc2c(Cl)cccc2Cl)[C@H](CC)C(=O)NC2CCCC2)c2ccccc2)cc1. The molecule has 1 atom stereocenters. The maximum atomic E-state index is 14.2. The van der Waals surface area contributed by atoms with Crippen molar-refractivity contribution in [2.24, 2.45) is 0 Å². The van der Waals surface area contributed by atoms with Crippen LogP contribution in [0.4, 0.5) is 5.69 Å². The van der Waals surface area contributed by atoms with E-state index in [-0.39, 0.29) is 23.4 Å². The van der Waals surface area contributed by atoms with Crippen molar-refractivity contribution in [1.29, 1.82) is 0 Å². The van der Waals surface area contributed by atoms with Gasteiger partial charge in [0.15, 0.2) is 0 Å². The molecule has 43 heavy (non-hydrogen) atoms. The van der Waals surface area contributed by atoms with E-state index in [0.717, 1.165) is 30.0 Å². The second-order valence-corrected chi connectivity index (χ2v) is 13.1. The van der Waals surface area contributed by atoms with Crippen LogP contribution in [-0.2, 0) is 26.2 Å². The maximum Gasteiger partial charge on any atom is 0.264 e. The zero-order chi connectivity index (χ0) is 31.0. The molecule has 0 aliphatic heterocycles. The summed E-state index contributed by atoms with van der Waals surface area (Å²) in [6, 6.07) is 18.7. The van der Waals surface area contributed by atoms with Crippen LogP contribution < -0.4 is 14.4 Å². The molecule has 2 amide bonds. The molecule has 230 valence electrons. The Morgan fingerprint density at radius 1 is 0.930 bits per heavy atom. The van der Waals surface area contributed by atoms with Crippen LogP contribution in [0.5, 0.6) is 5.75 Å². The predicted octanol–water partition coefficient (Wildman–Crippen LogP) is 6.45. The number of nitrogens with one attached hydrogen (secondary N) is 1. The number of hydrogen-bond donors (Lipinski definition) is 1. The topological polar surface area (TPSA) is 96.0 Å². The summed E-state index contributed by atoms with van der Waals surface area (Å²) < 4.78 is 34.6. The van der Waals surface area contributed by atoms with Crippen LogP contribution in [0, 0.1) is 0 Å². The van der Waals surface area contributed by atoms with Crippen LogP contribution in [0.1, 0.15) is 51.5 Å². The molecule has 3 aromatic rings. The number of para-hydroxylation sites is 1. The van der Waals surface area contributed by atoms with Crippen LogP contribution in [0.2, 0.25) is 10.0 Å². The third-order valence-electron chi connectivity index (χ3n) is 7.52. The van der Waals surface area contributed by atoms with E-state index in [9.17, 15) is 18.0 Å². The highest BCUT2D eigenvalue weighted by Gasteiger charge is 2.35. The number of rotatable bonds is 13. The van der Waals surface area contributed by atoms with Crippen molar-refractivity contribution in [3.8, 4) is 5.75 Å². The van der Waals surface area contributed by atoms with Gasteiger partial charge in [-0.3, -0.25) is 13.9 Å². The summed E-state index contributed by atoms with van der Waals surface area (Å²) in [5.41, 5.74) is 0.788. The number of benzene rings is 3. The van der Waals surface area contributed by atoms with Gasteiger partial charge in [0.1, 0.15) is 18.3 Å². The van der Waals surface area contributed by atoms with Gasteiger partial charge in [-0.2, -0.15) is 0 Å². The number of carbonyl (C=O) groups excluding carboxylic acids is 2. The molecule has 8 nitrogen and oxygen atoms in total. The normalized spacial score (nSPS) is 14.2. The highest BCUT2D eigenvalue weighted by atomic mass is 35.5. The van der Waals surface area contributed by atoms with E-state index in [1.54, 1.807) is 60.7 Å². The molecule has 0 saturated heterocycles. The van der Waals surface area contributed by atoms with E-state index in [2.05, 4.69) is 5.32 Å². The van der Waals surface area contributed by atoms with Crippen molar-refractivity contribution in [2.45, 2.75) is 69.5 Å². The molecule has 1 N–H and O–H groups in total. The summed E-state index contributed by atoms with van der Waals surface area (Å²) in [5.74, 6) is -0.319. The first-order chi connectivity index (χ1) is 20.6. The molecule has 1 fully saturated rings. The molecule has 1 aliphatic carbocycles. The minimum Gasteiger partial charge on any atom is -0.494 e. The Labute approximate surface area is 264 Å². The molecule has 1 aliphatic rings. The van der Waals surface area contributed by atoms with Crippen molar-refractivity contribution < 1.29 is 22.7 Å². The van der Waals surface area contributed by atoms with E-state index in [1.807, 2.05) is 13.8 Å². The Bertz CT molecular complexity index is 1480. The van der Waals surface area contributed by atoms with Crippen molar-refractivity contribution >= 4 is 50.7 Å². The van der Waals surface area contributed by atoms with E-state index in [1.165, 1.54) is 17.0 Å². The van der Waals surface area contributed by atoms with Crippen molar-refractivity contribution in [3.63, 3.8) is 0 Å². The zero-order valence-electron chi connectivity index (χ0n) is 24.3. The molecule has 4 rings (SSSR count). The van der Waals surface area contributed by atoms with E-state index >= 15 is 0 Å². The number of hydrogen-bond acceptors (Lipinski definition) is 5. The average Bonchev–Trinajstić information content (AvgIpc) is 3.51. The number of carbonyl (C=O) groups is 2. The number of sulfonamides is 1. The smallest absolute Gasteiger partial charge is 0.264 e. The molecule has 0 spiro atoms. The lowest BCUT2D eigenvalue weighted by atomic mass is 10.1. The third-order valence-corrected chi connectivity index (χ3v) is 10.0. The Hall–Kier alpha value is -3.27. The molecule has 11 heteroatoms. The number of ether oxygens (including phenoxy) is 1. The Kier molecular flexibility index (Phi) is 11.3. The lowest BCUT2D eigenvalue weighted by molar-refractivity contribution is -0.140. The third kappa shape index (κ3) is 8.02. The van der Waals surface area contributed by atoms with Crippen LogP contribution in [0.15, 0.2) is 77.7 Å². The van der Waals surface area contributed by atoms with Gasteiger partial charge in [-0.05, 0) is 74.7 Å². The van der Waals surface area contributed by atoms with Gasteiger partial charge in [-0.15, -0.1) is 0 Å². The molecule has 1 saturated carbocycles. The minimum atomic E-state index is -4.20. The largest absolute Gasteiger partial charge is 0.494 e. The minimum absolute atomic E-state index is 0.000627. The average molecular weight is 647 g/mol. The summed E-state index contributed by atoms with van der Waals surface area (Å²) >= 11 is 13.0. The molecular formula is C32H37Cl2N3O5S. The predicted molar refractivity (Wildman–Crippen MR) is 170 cm³/mol. The fraction of sp³-hybridized carbons (Fsp3) is 0.375. The Balaban J connectivity index is 1.72. The van der Waals surface area contributed by atoms with E-state index < -0.39 is 28.5 Å². The molecule has 0 heterocycles. The van der Waals surface area contributed by atoms with Crippen molar-refractivity contribution in [1.82, 2.24) is 10.2 Å². The van der Waals surface area contributed by atoms with Gasteiger partial charge in [0.25, 0.3) is 10.0 Å². The first-order valence-corrected chi connectivity index (χ1v) is 16.7. The summed E-state index contributed by atoms with van der Waals surface area (Å²) in [6.45, 7) is 3.48. The zero-order valence-corrected chi connectivity index (χ0v) is 26.7. The monoisotopic (exact) mass is 645 g/mol. The second kappa shape index (κ2) is 14.9. The Morgan fingerprint density at radius 2 is 1.56 bits per heavy atom. The number of halogens is 2. The quantitative estimate of drug-likeness (QED) is 0.230. The standard InChI is InChI=1S/C32H37Cl2N3O5S/c1-3-30(32(39)35-23-11-8-9-12-23)36(21-27-28(33)15-10-16-29(27)34)31(38)22-37(24-13-6-5-7-14-24)43(40,41)26-19-17-25(18-20-26)42-4-2/h5-7,10,13-20,23,30H,3-4,8-9,11-12,21-22H2,1-2H3,(H,35,39)/t30-/m1/s1.